The number of hydrogen-bond donors (Lipinski definition) is 1. The molecule has 0 bridgehead atoms. The number of ether oxygens (including phenoxy) is 2. The van der Waals surface area contributed by atoms with Crippen LogP contribution >= 0.6 is 0 Å². The first-order valence-corrected chi connectivity index (χ1v) is 10.3. The topological polar surface area (TPSA) is 124 Å². The lowest BCUT2D eigenvalue weighted by molar-refractivity contribution is -0.127. The molecule has 1 fully saturated rings. The molecule has 0 atom stereocenters. The molecule has 0 aliphatic carbocycles. The van der Waals surface area contributed by atoms with E-state index in [9.17, 15) is 9.59 Å². The molecule has 1 aliphatic rings. The number of amides is 1. The number of carbonyl (C=O) groups excluding carboxylic acids is 2. The number of methoxy groups -OCH3 is 2. The molecule has 0 spiro atoms. The molecule has 33 heavy (non-hydrogen) atoms. The second kappa shape index (κ2) is 9.40. The summed E-state index contributed by atoms with van der Waals surface area (Å²) >= 11 is 0. The molecule has 3 heterocycles. The highest BCUT2D eigenvalue weighted by atomic mass is 16.5. The SMILES string of the molecule is COc1ncc(OC)c2c(C(=O)C(=O)N3CCN(C(=NC#N)c4ccccc4)CC3)c[nH]c12. The Hall–Kier alpha value is -4.39. The summed E-state index contributed by atoms with van der Waals surface area (Å²) in [6, 6.07) is 9.40. The molecule has 3 aromatic rings. The third-order valence-corrected chi connectivity index (χ3v) is 5.55. The number of aromatic amines is 1. The second-order valence-electron chi connectivity index (χ2n) is 7.30. The molecule has 0 saturated carbocycles. The minimum absolute atomic E-state index is 0.200. The Morgan fingerprint density at radius 2 is 1.79 bits per heavy atom. The van der Waals surface area contributed by atoms with Gasteiger partial charge in [0.05, 0.1) is 31.4 Å². The Morgan fingerprint density at radius 1 is 1.09 bits per heavy atom. The zero-order valence-electron chi connectivity index (χ0n) is 18.2. The summed E-state index contributed by atoms with van der Waals surface area (Å²) in [7, 11) is 2.94. The van der Waals surface area contributed by atoms with E-state index in [-0.39, 0.29) is 5.56 Å². The van der Waals surface area contributed by atoms with Crippen molar-refractivity contribution in [1.82, 2.24) is 19.8 Å². The summed E-state index contributed by atoms with van der Waals surface area (Å²) in [5.41, 5.74) is 1.51. The van der Waals surface area contributed by atoms with Gasteiger partial charge in [-0.2, -0.15) is 10.3 Å². The van der Waals surface area contributed by atoms with Gasteiger partial charge in [0, 0.05) is 37.9 Å². The number of aliphatic imine (C=N–C) groups is 1. The largest absolute Gasteiger partial charge is 0.494 e. The number of benzene rings is 1. The van der Waals surface area contributed by atoms with Gasteiger partial charge in [-0.05, 0) is 0 Å². The van der Waals surface area contributed by atoms with Gasteiger partial charge in [0.25, 0.3) is 11.7 Å². The number of carbonyl (C=O) groups is 2. The number of rotatable bonds is 5. The first-order chi connectivity index (χ1) is 16.1. The number of pyridine rings is 1. The van der Waals surface area contributed by atoms with E-state index in [4.69, 9.17) is 14.7 Å². The summed E-state index contributed by atoms with van der Waals surface area (Å²) in [6.45, 7) is 1.55. The second-order valence-corrected chi connectivity index (χ2v) is 7.30. The number of ketones is 1. The summed E-state index contributed by atoms with van der Waals surface area (Å²) in [5, 5.41) is 9.57. The lowest BCUT2D eigenvalue weighted by Crippen LogP contribution is -2.52. The van der Waals surface area contributed by atoms with Crippen LogP contribution in [0.2, 0.25) is 0 Å². The fourth-order valence-corrected chi connectivity index (χ4v) is 3.92. The van der Waals surface area contributed by atoms with E-state index >= 15 is 0 Å². The molecule has 10 heteroatoms. The molecule has 10 nitrogen and oxygen atoms in total. The summed E-state index contributed by atoms with van der Waals surface area (Å²) in [6.07, 6.45) is 4.78. The highest BCUT2D eigenvalue weighted by Gasteiger charge is 2.31. The molecule has 4 rings (SSSR count). The molecule has 1 saturated heterocycles. The average molecular weight is 446 g/mol. The van der Waals surface area contributed by atoms with Crippen LogP contribution in [0.5, 0.6) is 11.6 Å². The predicted molar refractivity (Wildman–Crippen MR) is 120 cm³/mol. The minimum Gasteiger partial charge on any atom is -0.494 e. The van der Waals surface area contributed by atoms with Crippen molar-refractivity contribution in [3.8, 4) is 17.8 Å². The van der Waals surface area contributed by atoms with Crippen LogP contribution in [0, 0.1) is 11.5 Å². The number of nitriles is 1. The number of nitrogens with one attached hydrogen (secondary N) is 1. The molecule has 2 aromatic heterocycles. The van der Waals surface area contributed by atoms with Gasteiger partial charge in [-0.3, -0.25) is 9.59 Å². The number of hydrogen-bond acceptors (Lipinski definition) is 7. The third-order valence-electron chi connectivity index (χ3n) is 5.55. The molecule has 0 unspecified atom stereocenters. The fraction of sp³-hybridized carbons (Fsp3) is 0.261. The predicted octanol–water partition coefficient (Wildman–Crippen LogP) is 1.83. The van der Waals surface area contributed by atoms with Crippen molar-refractivity contribution in [3.63, 3.8) is 0 Å². The van der Waals surface area contributed by atoms with Gasteiger partial charge < -0.3 is 24.3 Å². The zero-order valence-corrected chi connectivity index (χ0v) is 18.2. The third kappa shape index (κ3) is 4.08. The summed E-state index contributed by atoms with van der Waals surface area (Å²) in [4.78, 5) is 40.7. The maximum atomic E-state index is 13.1. The minimum atomic E-state index is -0.643. The fourth-order valence-electron chi connectivity index (χ4n) is 3.92. The van der Waals surface area contributed by atoms with Crippen molar-refractivity contribution in [2.24, 2.45) is 4.99 Å². The first kappa shape index (κ1) is 21.8. The van der Waals surface area contributed by atoms with Gasteiger partial charge in [0.2, 0.25) is 12.1 Å². The molecule has 1 aliphatic heterocycles. The van der Waals surface area contributed by atoms with E-state index in [1.165, 1.54) is 31.5 Å². The Kier molecular flexibility index (Phi) is 6.22. The Labute approximate surface area is 190 Å². The van der Waals surface area contributed by atoms with Crippen molar-refractivity contribution < 1.29 is 19.1 Å². The van der Waals surface area contributed by atoms with Crippen LogP contribution in [-0.2, 0) is 4.79 Å². The quantitative estimate of drug-likeness (QED) is 0.208. The maximum absolute atomic E-state index is 13.1. The Morgan fingerprint density at radius 3 is 2.42 bits per heavy atom. The molecule has 1 amide bonds. The molecule has 168 valence electrons. The van der Waals surface area contributed by atoms with Crippen LogP contribution in [0.15, 0.2) is 47.7 Å². The Bertz CT molecular complexity index is 1250. The monoisotopic (exact) mass is 446 g/mol. The Balaban J connectivity index is 1.52. The molecule has 0 radical (unpaired) electrons. The van der Waals surface area contributed by atoms with Crippen LogP contribution in [0.3, 0.4) is 0 Å². The van der Waals surface area contributed by atoms with Crippen molar-refractivity contribution in [1.29, 1.82) is 5.26 Å². The first-order valence-electron chi connectivity index (χ1n) is 10.3. The van der Waals surface area contributed by atoms with Crippen molar-refractivity contribution in [3.05, 3.63) is 53.9 Å². The smallest absolute Gasteiger partial charge is 0.295 e. The molecular weight excluding hydrogens is 424 g/mol. The number of H-pyrrole nitrogens is 1. The van der Waals surface area contributed by atoms with E-state index < -0.39 is 11.7 Å². The summed E-state index contributed by atoms with van der Waals surface area (Å²) in [5.74, 6) is -0.0241. The van der Waals surface area contributed by atoms with Crippen LogP contribution in [0.25, 0.3) is 10.9 Å². The van der Waals surface area contributed by atoms with Gasteiger partial charge >= 0.3 is 0 Å². The lowest BCUT2D eigenvalue weighted by atomic mass is 10.1. The number of nitrogens with zero attached hydrogens (tertiary/aromatic N) is 5. The van der Waals surface area contributed by atoms with E-state index in [1.807, 2.05) is 41.4 Å². The van der Waals surface area contributed by atoms with Crippen molar-refractivity contribution in [2.45, 2.75) is 0 Å². The maximum Gasteiger partial charge on any atom is 0.295 e. The van der Waals surface area contributed by atoms with Gasteiger partial charge in [-0.15, -0.1) is 0 Å². The number of piperazine rings is 1. The average Bonchev–Trinajstić information content (AvgIpc) is 3.32. The number of amidine groups is 1. The standard InChI is InChI=1S/C23H22N6O4/c1-32-17-13-26-22(33-2)19-18(17)16(12-25-19)20(30)23(31)29-10-8-28(9-11-29)21(27-14-24)15-6-4-3-5-7-15/h3-7,12-13,25H,8-11H2,1-2H3. The van der Waals surface area contributed by atoms with Crippen LogP contribution < -0.4 is 9.47 Å². The van der Waals surface area contributed by atoms with E-state index in [2.05, 4.69) is 15.0 Å². The van der Waals surface area contributed by atoms with Crippen molar-refractivity contribution in [2.75, 3.05) is 40.4 Å². The molecular formula is C23H22N6O4. The van der Waals surface area contributed by atoms with Gasteiger partial charge in [-0.1, -0.05) is 30.3 Å². The normalized spacial score (nSPS) is 14.2. The molecule has 1 N–H and O–H groups in total. The number of fused-ring (bicyclic) bond motifs is 1. The van der Waals surface area contributed by atoms with E-state index in [0.29, 0.717) is 54.5 Å². The van der Waals surface area contributed by atoms with Crippen LogP contribution in [-0.4, -0.2) is 77.7 Å². The number of aromatic nitrogens is 2. The van der Waals surface area contributed by atoms with Crippen LogP contribution in [0.1, 0.15) is 15.9 Å². The van der Waals surface area contributed by atoms with Crippen molar-refractivity contribution >= 4 is 28.4 Å². The van der Waals surface area contributed by atoms with E-state index in [1.54, 1.807) is 0 Å². The highest BCUT2D eigenvalue weighted by molar-refractivity contribution is 6.45. The van der Waals surface area contributed by atoms with Gasteiger partial charge in [-0.25, -0.2) is 4.98 Å². The zero-order chi connectivity index (χ0) is 23.4. The van der Waals surface area contributed by atoms with E-state index in [0.717, 1.165) is 5.56 Å². The van der Waals surface area contributed by atoms with Crippen LogP contribution in [0.4, 0.5) is 0 Å². The summed E-state index contributed by atoms with van der Waals surface area (Å²) < 4.78 is 10.6. The van der Waals surface area contributed by atoms with Gasteiger partial charge in [0.15, 0.2) is 0 Å². The highest BCUT2D eigenvalue weighted by Crippen LogP contribution is 2.33. The number of Topliss-reactive ketones (excluding diaryl/α,β-unsaturated/α-hetero) is 1. The lowest BCUT2D eigenvalue weighted by Gasteiger charge is -2.36. The van der Waals surface area contributed by atoms with Gasteiger partial charge in [0.1, 0.15) is 17.1 Å². The molecule has 1 aromatic carbocycles.